The highest BCUT2D eigenvalue weighted by Crippen LogP contribution is 2.16. The van der Waals surface area contributed by atoms with Gasteiger partial charge in [-0.2, -0.15) is 5.10 Å². The second kappa shape index (κ2) is 5.57. The van der Waals surface area contributed by atoms with Gasteiger partial charge in [-0.05, 0) is 36.2 Å². The van der Waals surface area contributed by atoms with Crippen LogP contribution in [0, 0.1) is 6.92 Å². The fraction of sp³-hybridized carbons (Fsp3) is 0.125. The highest BCUT2D eigenvalue weighted by atomic mass is 15.3. The molecule has 0 aliphatic carbocycles. The summed E-state index contributed by atoms with van der Waals surface area (Å²) < 4.78 is 1.88. The number of nitrogens with one attached hydrogen (secondary N) is 1. The number of rotatable bonds is 4. The number of nitrogens with zero attached hydrogens (tertiary/aromatic N) is 3. The van der Waals surface area contributed by atoms with Crippen molar-refractivity contribution in [2.45, 2.75) is 13.5 Å². The maximum Gasteiger partial charge on any atom is 0.129 e. The minimum atomic E-state index is 0.716. The van der Waals surface area contributed by atoms with Crippen molar-refractivity contribution < 1.29 is 0 Å². The molecule has 0 aliphatic heterocycles. The van der Waals surface area contributed by atoms with E-state index in [1.165, 1.54) is 5.56 Å². The van der Waals surface area contributed by atoms with E-state index in [2.05, 4.69) is 40.5 Å². The molecule has 3 aromatic rings. The molecule has 1 N–H and O–H groups in total. The third kappa shape index (κ3) is 2.54. The molecule has 0 spiro atoms. The second-order valence-electron chi connectivity index (χ2n) is 4.60. The normalized spacial score (nSPS) is 10.4. The van der Waals surface area contributed by atoms with Crippen molar-refractivity contribution in [1.82, 2.24) is 14.8 Å². The molecule has 4 heteroatoms. The van der Waals surface area contributed by atoms with Crippen molar-refractivity contribution >= 4 is 5.82 Å². The molecule has 0 atom stereocenters. The van der Waals surface area contributed by atoms with E-state index in [4.69, 9.17) is 0 Å². The van der Waals surface area contributed by atoms with Gasteiger partial charge in [0.1, 0.15) is 5.82 Å². The zero-order chi connectivity index (χ0) is 13.8. The van der Waals surface area contributed by atoms with E-state index in [1.807, 2.05) is 35.1 Å². The summed E-state index contributed by atoms with van der Waals surface area (Å²) >= 11 is 0. The molecule has 100 valence electrons. The molecule has 0 saturated heterocycles. The standard InChI is InChI=1S/C16H16N4/c1-13-6-4-9-17-16(13)18-12-14-7-2-3-8-15(14)20-11-5-10-19-20/h2-11H,12H2,1H3,(H,17,18). The third-order valence-electron chi connectivity index (χ3n) is 3.20. The van der Waals surface area contributed by atoms with Crippen molar-refractivity contribution in [1.29, 1.82) is 0 Å². The molecule has 0 amide bonds. The number of benzene rings is 1. The first-order valence-electron chi connectivity index (χ1n) is 6.58. The average molecular weight is 264 g/mol. The van der Waals surface area contributed by atoms with Gasteiger partial charge in [0.2, 0.25) is 0 Å². The molecule has 2 heterocycles. The molecule has 0 saturated carbocycles. The Bertz CT molecular complexity index is 689. The minimum Gasteiger partial charge on any atom is -0.366 e. The van der Waals surface area contributed by atoms with E-state index in [0.29, 0.717) is 6.54 Å². The zero-order valence-corrected chi connectivity index (χ0v) is 11.3. The highest BCUT2D eigenvalue weighted by Gasteiger charge is 2.05. The SMILES string of the molecule is Cc1cccnc1NCc1ccccc1-n1cccn1. The molecule has 0 radical (unpaired) electrons. The van der Waals surface area contributed by atoms with Gasteiger partial charge >= 0.3 is 0 Å². The van der Waals surface area contributed by atoms with Gasteiger partial charge < -0.3 is 5.32 Å². The third-order valence-corrected chi connectivity index (χ3v) is 3.20. The van der Waals surface area contributed by atoms with Crippen molar-refractivity contribution in [3.63, 3.8) is 0 Å². The molecule has 3 rings (SSSR count). The quantitative estimate of drug-likeness (QED) is 0.787. The summed E-state index contributed by atoms with van der Waals surface area (Å²) in [6, 6.07) is 14.1. The lowest BCUT2D eigenvalue weighted by atomic mass is 10.1. The lowest BCUT2D eigenvalue weighted by molar-refractivity contribution is 0.863. The average Bonchev–Trinajstić information content (AvgIpc) is 3.01. The number of aromatic nitrogens is 3. The van der Waals surface area contributed by atoms with E-state index in [-0.39, 0.29) is 0 Å². The number of aryl methyl sites for hydroxylation is 1. The first-order chi connectivity index (χ1) is 9.84. The maximum atomic E-state index is 4.35. The summed E-state index contributed by atoms with van der Waals surface area (Å²) in [7, 11) is 0. The molecule has 2 aromatic heterocycles. The largest absolute Gasteiger partial charge is 0.366 e. The van der Waals surface area contributed by atoms with E-state index < -0.39 is 0 Å². The summed E-state index contributed by atoms with van der Waals surface area (Å²) in [5.41, 5.74) is 3.41. The van der Waals surface area contributed by atoms with Crippen molar-refractivity contribution in [2.24, 2.45) is 0 Å². The molecule has 20 heavy (non-hydrogen) atoms. The van der Waals surface area contributed by atoms with Crippen molar-refractivity contribution in [3.8, 4) is 5.69 Å². The summed E-state index contributed by atoms with van der Waals surface area (Å²) in [6.45, 7) is 2.77. The highest BCUT2D eigenvalue weighted by molar-refractivity contribution is 5.46. The van der Waals surface area contributed by atoms with Crippen LogP contribution in [-0.2, 0) is 6.54 Å². The van der Waals surface area contributed by atoms with E-state index in [1.54, 1.807) is 12.4 Å². The van der Waals surface area contributed by atoms with Crippen molar-refractivity contribution in [3.05, 3.63) is 72.2 Å². The zero-order valence-electron chi connectivity index (χ0n) is 11.3. The lowest BCUT2D eigenvalue weighted by Crippen LogP contribution is -2.07. The van der Waals surface area contributed by atoms with Crippen LogP contribution in [0.5, 0.6) is 0 Å². The Balaban J connectivity index is 1.84. The lowest BCUT2D eigenvalue weighted by Gasteiger charge is -2.12. The van der Waals surface area contributed by atoms with Crippen LogP contribution in [-0.4, -0.2) is 14.8 Å². The minimum absolute atomic E-state index is 0.716. The van der Waals surface area contributed by atoms with Crippen LogP contribution in [0.2, 0.25) is 0 Å². The monoisotopic (exact) mass is 264 g/mol. The Kier molecular flexibility index (Phi) is 3.46. The number of hydrogen-bond donors (Lipinski definition) is 1. The summed E-state index contributed by atoms with van der Waals surface area (Å²) in [5, 5.41) is 7.67. The predicted molar refractivity (Wildman–Crippen MR) is 79.9 cm³/mol. The van der Waals surface area contributed by atoms with Crippen molar-refractivity contribution in [2.75, 3.05) is 5.32 Å². The fourth-order valence-electron chi connectivity index (χ4n) is 2.14. The number of hydrogen-bond acceptors (Lipinski definition) is 3. The van der Waals surface area contributed by atoms with Crippen LogP contribution in [0.1, 0.15) is 11.1 Å². The van der Waals surface area contributed by atoms with Gasteiger partial charge in [0, 0.05) is 25.1 Å². The Morgan fingerprint density at radius 1 is 1.05 bits per heavy atom. The Hall–Kier alpha value is -2.62. The molecule has 0 unspecified atom stereocenters. The first kappa shape index (κ1) is 12.4. The van der Waals surface area contributed by atoms with E-state index in [9.17, 15) is 0 Å². The molecule has 4 nitrogen and oxygen atoms in total. The molecule has 1 aromatic carbocycles. The Morgan fingerprint density at radius 2 is 1.95 bits per heavy atom. The summed E-state index contributed by atoms with van der Waals surface area (Å²) in [5.74, 6) is 0.919. The molecule has 0 aliphatic rings. The summed E-state index contributed by atoms with van der Waals surface area (Å²) in [6.07, 6.45) is 5.53. The number of para-hydroxylation sites is 1. The van der Waals surface area contributed by atoms with E-state index in [0.717, 1.165) is 17.1 Å². The predicted octanol–water partition coefficient (Wildman–Crippen LogP) is 3.19. The number of pyridine rings is 1. The molecular weight excluding hydrogens is 248 g/mol. The van der Waals surface area contributed by atoms with Crippen LogP contribution in [0.3, 0.4) is 0 Å². The fourth-order valence-corrected chi connectivity index (χ4v) is 2.14. The molecular formula is C16H16N4. The van der Waals surface area contributed by atoms with Crippen LogP contribution in [0.4, 0.5) is 5.82 Å². The van der Waals surface area contributed by atoms with Crippen LogP contribution < -0.4 is 5.32 Å². The summed E-state index contributed by atoms with van der Waals surface area (Å²) in [4.78, 5) is 4.35. The van der Waals surface area contributed by atoms with Gasteiger partial charge in [-0.3, -0.25) is 0 Å². The van der Waals surface area contributed by atoms with Crippen LogP contribution in [0.25, 0.3) is 5.69 Å². The van der Waals surface area contributed by atoms with Crippen LogP contribution >= 0.6 is 0 Å². The first-order valence-corrected chi connectivity index (χ1v) is 6.58. The smallest absolute Gasteiger partial charge is 0.129 e. The second-order valence-corrected chi connectivity index (χ2v) is 4.60. The number of anilines is 1. The molecule has 0 fully saturated rings. The maximum absolute atomic E-state index is 4.35. The molecule has 0 bridgehead atoms. The van der Waals surface area contributed by atoms with Gasteiger partial charge in [0.25, 0.3) is 0 Å². The van der Waals surface area contributed by atoms with Gasteiger partial charge in [0.05, 0.1) is 5.69 Å². The van der Waals surface area contributed by atoms with Crippen LogP contribution in [0.15, 0.2) is 61.1 Å². The van der Waals surface area contributed by atoms with E-state index >= 15 is 0 Å². The Morgan fingerprint density at radius 3 is 2.75 bits per heavy atom. The van der Waals surface area contributed by atoms with Gasteiger partial charge in [-0.1, -0.05) is 24.3 Å². The van der Waals surface area contributed by atoms with Gasteiger partial charge in [-0.25, -0.2) is 9.67 Å². The van der Waals surface area contributed by atoms with Gasteiger partial charge in [0.15, 0.2) is 0 Å². The Labute approximate surface area is 118 Å². The van der Waals surface area contributed by atoms with Gasteiger partial charge in [-0.15, -0.1) is 0 Å². The topological polar surface area (TPSA) is 42.7 Å².